The molecule has 96 valence electrons. The smallest absolute Gasteiger partial charge is 0.0703 e. The number of aliphatic hydroxyl groups is 1. The Labute approximate surface area is 104 Å². The van der Waals surface area contributed by atoms with Crippen LogP contribution in [0.15, 0.2) is 18.5 Å². The molecule has 0 aliphatic rings. The Hall–Kier alpha value is -1.09. The lowest BCUT2D eigenvalue weighted by Crippen LogP contribution is -2.24. The van der Waals surface area contributed by atoms with Crippen molar-refractivity contribution in [1.29, 1.82) is 0 Å². The van der Waals surface area contributed by atoms with Gasteiger partial charge in [-0.15, -0.1) is 0 Å². The number of rotatable bonds is 6. The van der Waals surface area contributed by atoms with Gasteiger partial charge in [0.15, 0.2) is 0 Å². The van der Waals surface area contributed by atoms with Crippen LogP contribution in [0, 0.1) is 17.8 Å². The second kappa shape index (κ2) is 6.60. The first kappa shape index (κ1) is 14.0. The summed E-state index contributed by atoms with van der Waals surface area (Å²) < 4.78 is 0. The van der Waals surface area contributed by atoms with E-state index in [1.807, 2.05) is 6.07 Å². The van der Waals surface area contributed by atoms with E-state index in [0.29, 0.717) is 17.8 Å². The summed E-state index contributed by atoms with van der Waals surface area (Å²) in [6.45, 7) is 9.99. The number of nitrogens with one attached hydrogen (secondary N) is 1. The maximum Gasteiger partial charge on any atom is 0.0703 e. The fourth-order valence-electron chi connectivity index (χ4n) is 2.19. The third kappa shape index (κ3) is 4.00. The number of aliphatic hydroxyl groups excluding tert-OH is 1. The number of anilines is 1. The van der Waals surface area contributed by atoms with E-state index in [1.54, 1.807) is 12.4 Å². The summed E-state index contributed by atoms with van der Waals surface area (Å²) in [5.74, 6) is 1.93. The summed E-state index contributed by atoms with van der Waals surface area (Å²) in [6.07, 6.45) is 3.49. The highest BCUT2D eigenvalue weighted by atomic mass is 16.3. The maximum atomic E-state index is 9.23. The molecule has 3 heteroatoms. The van der Waals surface area contributed by atoms with Gasteiger partial charge in [-0.25, -0.2) is 0 Å². The molecule has 0 aromatic carbocycles. The van der Waals surface area contributed by atoms with Crippen molar-refractivity contribution < 1.29 is 5.11 Å². The lowest BCUT2D eigenvalue weighted by atomic mass is 9.85. The van der Waals surface area contributed by atoms with E-state index in [9.17, 15) is 5.11 Å². The lowest BCUT2D eigenvalue weighted by Gasteiger charge is -2.26. The van der Waals surface area contributed by atoms with Crippen molar-refractivity contribution in [3.63, 3.8) is 0 Å². The highest BCUT2D eigenvalue weighted by molar-refractivity contribution is 5.48. The van der Waals surface area contributed by atoms with Gasteiger partial charge in [-0.05, 0) is 23.8 Å². The molecule has 0 aliphatic heterocycles. The third-order valence-electron chi connectivity index (χ3n) is 3.32. The second-order valence-corrected chi connectivity index (χ2v) is 5.22. The van der Waals surface area contributed by atoms with Gasteiger partial charge in [-0.1, -0.05) is 27.7 Å². The molecular weight excluding hydrogens is 212 g/mol. The predicted molar refractivity (Wildman–Crippen MR) is 71.8 cm³/mol. The molecule has 0 amide bonds. The van der Waals surface area contributed by atoms with Gasteiger partial charge in [-0.3, -0.25) is 4.98 Å². The van der Waals surface area contributed by atoms with Crippen molar-refractivity contribution in [2.45, 2.75) is 34.3 Å². The minimum atomic E-state index is 0.0544. The van der Waals surface area contributed by atoms with Gasteiger partial charge >= 0.3 is 0 Å². The first-order chi connectivity index (χ1) is 8.06. The van der Waals surface area contributed by atoms with Crippen molar-refractivity contribution in [3.05, 3.63) is 24.0 Å². The monoisotopic (exact) mass is 236 g/mol. The summed E-state index contributed by atoms with van der Waals surface area (Å²) >= 11 is 0. The van der Waals surface area contributed by atoms with E-state index in [0.717, 1.165) is 17.8 Å². The largest absolute Gasteiger partial charge is 0.392 e. The SMILES string of the molecule is CC(C)C(CNc1cnccc1CO)C(C)C. The molecule has 0 bridgehead atoms. The van der Waals surface area contributed by atoms with Crippen LogP contribution in [0.25, 0.3) is 0 Å². The van der Waals surface area contributed by atoms with Crippen molar-refractivity contribution in [2.75, 3.05) is 11.9 Å². The van der Waals surface area contributed by atoms with Gasteiger partial charge in [0, 0.05) is 18.3 Å². The molecule has 1 aromatic rings. The van der Waals surface area contributed by atoms with Gasteiger partial charge in [-0.2, -0.15) is 0 Å². The van der Waals surface area contributed by atoms with Crippen LogP contribution in [0.2, 0.25) is 0 Å². The summed E-state index contributed by atoms with van der Waals surface area (Å²) in [6, 6.07) is 1.85. The molecule has 1 rings (SSSR count). The van der Waals surface area contributed by atoms with Gasteiger partial charge < -0.3 is 10.4 Å². The Morgan fingerprint density at radius 2 is 1.88 bits per heavy atom. The zero-order chi connectivity index (χ0) is 12.8. The second-order valence-electron chi connectivity index (χ2n) is 5.22. The number of aromatic nitrogens is 1. The molecule has 2 N–H and O–H groups in total. The van der Waals surface area contributed by atoms with Gasteiger partial charge in [0.05, 0.1) is 18.5 Å². The van der Waals surface area contributed by atoms with Gasteiger partial charge in [0.1, 0.15) is 0 Å². The predicted octanol–water partition coefficient (Wildman–Crippen LogP) is 2.91. The summed E-state index contributed by atoms with van der Waals surface area (Å²) in [4.78, 5) is 4.09. The molecule has 1 aromatic heterocycles. The number of hydrogen-bond acceptors (Lipinski definition) is 3. The maximum absolute atomic E-state index is 9.23. The Morgan fingerprint density at radius 1 is 1.24 bits per heavy atom. The molecule has 0 unspecified atom stereocenters. The summed E-state index contributed by atoms with van der Waals surface area (Å²) in [7, 11) is 0. The molecule has 0 spiro atoms. The van der Waals surface area contributed by atoms with E-state index >= 15 is 0 Å². The van der Waals surface area contributed by atoms with Crippen LogP contribution < -0.4 is 5.32 Å². The molecule has 0 aliphatic carbocycles. The zero-order valence-electron chi connectivity index (χ0n) is 11.3. The number of hydrogen-bond donors (Lipinski definition) is 2. The Kier molecular flexibility index (Phi) is 5.42. The van der Waals surface area contributed by atoms with Crippen molar-refractivity contribution in [1.82, 2.24) is 4.98 Å². The summed E-state index contributed by atoms with van der Waals surface area (Å²) in [5.41, 5.74) is 1.85. The standard InChI is InChI=1S/C14H24N2O/c1-10(2)13(11(3)4)7-16-14-8-15-6-5-12(14)9-17/h5-6,8,10-11,13,16-17H,7,9H2,1-4H3. The molecule has 0 saturated heterocycles. The van der Waals surface area contributed by atoms with E-state index < -0.39 is 0 Å². The van der Waals surface area contributed by atoms with Crippen LogP contribution in [0.3, 0.4) is 0 Å². The number of pyridine rings is 1. The molecule has 0 atom stereocenters. The Bertz CT molecular complexity index is 329. The summed E-state index contributed by atoms with van der Waals surface area (Å²) in [5, 5.41) is 12.6. The van der Waals surface area contributed by atoms with Crippen LogP contribution in [0.5, 0.6) is 0 Å². The average Bonchev–Trinajstić information content (AvgIpc) is 2.29. The van der Waals surface area contributed by atoms with Crippen molar-refractivity contribution in [2.24, 2.45) is 17.8 Å². The van der Waals surface area contributed by atoms with Crippen molar-refractivity contribution in [3.8, 4) is 0 Å². The van der Waals surface area contributed by atoms with Crippen LogP contribution in [-0.2, 0) is 6.61 Å². The molecular formula is C14H24N2O. The average molecular weight is 236 g/mol. The van der Waals surface area contributed by atoms with Crippen LogP contribution in [0.1, 0.15) is 33.3 Å². The van der Waals surface area contributed by atoms with Gasteiger partial charge in [0.25, 0.3) is 0 Å². The minimum Gasteiger partial charge on any atom is -0.392 e. The van der Waals surface area contributed by atoms with E-state index in [2.05, 4.69) is 38.0 Å². The number of nitrogens with zero attached hydrogens (tertiary/aromatic N) is 1. The van der Waals surface area contributed by atoms with E-state index in [1.165, 1.54) is 0 Å². The van der Waals surface area contributed by atoms with Gasteiger partial charge in [0.2, 0.25) is 0 Å². The topological polar surface area (TPSA) is 45.2 Å². The van der Waals surface area contributed by atoms with Crippen molar-refractivity contribution >= 4 is 5.69 Å². The first-order valence-electron chi connectivity index (χ1n) is 6.33. The van der Waals surface area contributed by atoms with Crippen LogP contribution in [-0.4, -0.2) is 16.6 Å². The zero-order valence-corrected chi connectivity index (χ0v) is 11.3. The quantitative estimate of drug-likeness (QED) is 0.798. The molecule has 3 nitrogen and oxygen atoms in total. The minimum absolute atomic E-state index is 0.0544. The Morgan fingerprint density at radius 3 is 2.41 bits per heavy atom. The molecule has 1 heterocycles. The third-order valence-corrected chi connectivity index (χ3v) is 3.32. The first-order valence-corrected chi connectivity index (χ1v) is 6.33. The highest BCUT2D eigenvalue weighted by Crippen LogP contribution is 2.22. The van der Waals surface area contributed by atoms with E-state index in [4.69, 9.17) is 0 Å². The Balaban J connectivity index is 2.65. The van der Waals surface area contributed by atoms with E-state index in [-0.39, 0.29) is 6.61 Å². The lowest BCUT2D eigenvalue weighted by molar-refractivity contribution is 0.281. The van der Waals surface area contributed by atoms with Crippen LogP contribution >= 0.6 is 0 Å². The fraction of sp³-hybridized carbons (Fsp3) is 0.643. The highest BCUT2D eigenvalue weighted by Gasteiger charge is 2.17. The molecule has 0 radical (unpaired) electrons. The normalized spacial score (nSPS) is 11.5. The fourth-order valence-corrected chi connectivity index (χ4v) is 2.19. The molecule has 17 heavy (non-hydrogen) atoms. The molecule has 0 saturated carbocycles. The van der Waals surface area contributed by atoms with Crippen LogP contribution in [0.4, 0.5) is 5.69 Å². The molecule has 0 fully saturated rings.